The number of esters is 1. The number of thiophene rings is 2. The third-order valence-electron chi connectivity index (χ3n) is 4.84. The smallest absolute Gasteiger partial charge is 0.341 e. The number of hydrogen-bond acceptors (Lipinski definition) is 8. The molecule has 4 rings (SSSR count). The normalized spacial score (nSPS) is 11.1. The average molecular weight is 533 g/mol. The molecule has 0 unspecified atom stereocenters. The minimum Gasteiger partial charge on any atom is -0.465 e. The van der Waals surface area contributed by atoms with Gasteiger partial charge in [0.1, 0.15) is 10.6 Å². The lowest BCUT2D eigenvalue weighted by Crippen LogP contribution is -2.16. The number of aromatic nitrogens is 3. The van der Waals surface area contributed by atoms with Crippen LogP contribution < -0.4 is 5.32 Å². The van der Waals surface area contributed by atoms with Crippen molar-refractivity contribution in [1.82, 2.24) is 14.8 Å². The Hall–Kier alpha value is -2.66. The van der Waals surface area contributed by atoms with Crippen LogP contribution in [0.15, 0.2) is 52.3 Å². The first-order valence-corrected chi connectivity index (χ1v) is 13.4. The first kappa shape index (κ1) is 24.5. The molecule has 1 aromatic carbocycles. The van der Waals surface area contributed by atoms with E-state index in [0.29, 0.717) is 26.3 Å². The van der Waals surface area contributed by atoms with Crippen molar-refractivity contribution in [2.24, 2.45) is 0 Å². The highest BCUT2D eigenvalue weighted by molar-refractivity contribution is 7.99. The predicted molar refractivity (Wildman–Crippen MR) is 139 cm³/mol. The van der Waals surface area contributed by atoms with Gasteiger partial charge in [-0.15, -0.1) is 32.9 Å². The van der Waals surface area contributed by atoms with Gasteiger partial charge in [0.2, 0.25) is 5.91 Å². The second-order valence-corrected chi connectivity index (χ2v) is 10.6. The molecular weight excluding hydrogens is 512 g/mol. The van der Waals surface area contributed by atoms with E-state index in [-0.39, 0.29) is 17.7 Å². The van der Waals surface area contributed by atoms with E-state index in [1.165, 1.54) is 30.2 Å². The minimum atomic E-state index is -0.519. The second kappa shape index (κ2) is 10.7. The average Bonchev–Trinajstić information content (AvgIpc) is 3.57. The highest BCUT2D eigenvalue weighted by atomic mass is 35.5. The van der Waals surface area contributed by atoms with Gasteiger partial charge in [0.05, 0.1) is 17.7 Å². The van der Waals surface area contributed by atoms with Crippen molar-refractivity contribution < 1.29 is 14.3 Å². The Morgan fingerprint density at radius 3 is 2.59 bits per heavy atom. The molecule has 3 heterocycles. The van der Waals surface area contributed by atoms with Gasteiger partial charge in [-0.25, -0.2) is 4.79 Å². The fraction of sp³-hybridized carbons (Fsp3) is 0.217. The molecule has 0 aliphatic heterocycles. The molecule has 1 N–H and O–H groups in total. The maximum Gasteiger partial charge on any atom is 0.341 e. The first-order chi connectivity index (χ1) is 16.4. The monoisotopic (exact) mass is 532 g/mol. The molecule has 7 nitrogen and oxygen atoms in total. The molecule has 0 saturated heterocycles. The number of benzene rings is 1. The minimum absolute atomic E-state index is 0.115. The van der Waals surface area contributed by atoms with E-state index in [9.17, 15) is 9.59 Å². The van der Waals surface area contributed by atoms with Gasteiger partial charge in [0.15, 0.2) is 11.0 Å². The molecule has 0 atom stereocenters. The molecule has 0 spiro atoms. The van der Waals surface area contributed by atoms with Gasteiger partial charge in [-0.3, -0.25) is 9.36 Å². The summed E-state index contributed by atoms with van der Waals surface area (Å²) in [7, 11) is 1.32. The van der Waals surface area contributed by atoms with Crippen LogP contribution in [0.5, 0.6) is 0 Å². The SMILES string of the molecule is COC(=O)c1c(-c2ccc(Cl)cc2)csc1NC(=O)CSc1nnc(-c2cccs2)n1C(C)C. The molecule has 0 fully saturated rings. The van der Waals surface area contributed by atoms with E-state index in [0.717, 1.165) is 16.3 Å². The van der Waals surface area contributed by atoms with Crippen LogP contribution in [0.1, 0.15) is 30.2 Å². The highest BCUT2D eigenvalue weighted by Crippen LogP contribution is 2.37. The largest absolute Gasteiger partial charge is 0.465 e. The molecule has 34 heavy (non-hydrogen) atoms. The number of hydrogen-bond donors (Lipinski definition) is 1. The third-order valence-corrected chi connectivity index (χ3v) is 7.80. The highest BCUT2D eigenvalue weighted by Gasteiger charge is 2.23. The molecule has 3 aromatic heterocycles. The summed E-state index contributed by atoms with van der Waals surface area (Å²) in [6, 6.07) is 11.2. The summed E-state index contributed by atoms with van der Waals surface area (Å²) in [6.45, 7) is 4.11. The van der Waals surface area contributed by atoms with Crippen LogP contribution in [0.3, 0.4) is 0 Å². The van der Waals surface area contributed by atoms with Crippen molar-refractivity contribution in [1.29, 1.82) is 0 Å². The summed E-state index contributed by atoms with van der Waals surface area (Å²) in [5.41, 5.74) is 1.80. The van der Waals surface area contributed by atoms with E-state index in [4.69, 9.17) is 16.3 Å². The number of halogens is 1. The Kier molecular flexibility index (Phi) is 7.72. The van der Waals surface area contributed by atoms with E-state index < -0.39 is 5.97 Å². The Balaban J connectivity index is 1.52. The van der Waals surface area contributed by atoms with Crippen molar-refractivity contribution in [3.05, 3.63) is 57.7 Å². The van der Waals surface area contributed by atoms with Crippen LogP contribution in [0.4, 0.5) is 5.00 Å². The molecule has 11 heteroatoms. The number of amides is 1. The zero-order valence-electron chi connectivity index (χ0n) is 18.6. The predicted octanol–water partition coefficient (Wildman–Crippen LogP) is 6.49. The molecule has 1 amide bonds. The van der Waals surface area contributed by atoms with Crippen molar-refractivity contribution in [2.45, 2.75) is 25.0 Å². The van der Waals surface area contributed by atoms with Gasteiger partial charge in [0.25, 0.3) is 0 Å². The lowest BCUT2D eigenvalue weighted by Gasteiger charge is -2.13. The summed E-state index contributed by atoms with van der Waals surface area (Å²) in [4.78, 5) is 26.4. The molecule has 0 saturated carbocycles. The third kappa shape index (κ3) is 5.20. The summed E-state index contributed by atoms with van der Waals surface area (Å²) < 4.78 is 7.00. The lowest BCUT2D eigenvalue weighted by molar-refractivity contribution is -0.113. The topological polar surface area (TPSA) is 86.1 Å². The Labute approximate surface area is 214 Å². The Morgan fingerprint density at radius 2 is 1.94 bits per heavy atom. The van der Waals surface area contributed by atoms with Crippen molar-refractivity contribution >= 4 is 62.9 Å². The quantitative estimate of drug-likeness (QED) is 0.206. The number of anilines is 1. The molecular formula is C23H21ClN4O3S3. The van der Waals surface area contributed by atoms with Crippen molar-refractivity contribution in [2.75, 3.05) is 18.2 Å². The maximum absolute atomic E-state index is 12.8. The zero-order valence-corrected chi connectivity index (χ0v) is 21.8. The van der Waals surface area contributed by atoms with Crippen molar-refractivity contribution in [3.63, 3.8) is 0 Å². The van der Waals surface area contributed by atoms with Crippen molar-refractivity contribution in [3.8, 4) is 21.8 Å². The number of nitrogens with zero attached hydrogens (tertiary/aromatic N) is 3. The molecule has 0 aliphatic rings. The van der Waals surface area contributed by atoms with Crippen LogP contribution in [0.25, 0.3) is 21.8 Å². The number of rotatable bonds is 8. The van der Waals surface area contributed by atoms with Gasteiger partial charge in [-0.2, -0.15) is 0 Å². The number of carbonyl (C=O) groups is 2. The van der Waals surface area contributed by atoms with Crippen LogP contribution in [-0.2, 0) is 9.53 Å². The number of methoxy groups -OCH3 is 1. The number of ether oxygens (including phenoxy) is 1. The molecule has 0 bridgehead atoms. The molecule has 0 aliphatic carbocycles. The lowest BCUT2D eigenvalue weighted by atomic mass is 10.0. The maximum atomic E-state index is 12.8. The van der Waals surface area contributed by atoms with Gasteiger partial charge in [-0.1, -0.05) is 41.6 Å². The van der Waals surface area contributed by atoms with Gasteiger partial charge in [0, 0.05) is 22.0 Å². The standard InChI is InChI=1S/C23H21ClN4O3S3/c1-13(2)28-20(17-5-4-10-32-17)26-27-23(28)34-12-18(29)25-21-19(22(30)31-3)16(11-33-21)14-6-8-15(24)9-7-14/h4-11,13H,12H2,1-3H3,(H,25,29). The molecule has 4 aromatic rings. The zero-order chi connectivity index (χ0) is 24.2. The Morgan fingerprint density at radius 1 is 1.18 bits per heavy atom. The van der Waals surface area contributed by atoms with E-state index in [1.807, 2.05) is 39.6 Å². The van der Waals surface area contributed by atoms with E-state index in [1.54, 1.807) is 23.5 Å². The van der Waals surface area contributed by atoms with Crippen LogP contribution in [0, 0.1) is 0 Å². The van der Waals surface area contributed by atoms with E-state index >= 15 is 0 Å². The number of nitrogens with one attached hydrogen (secondary N) is 1. The fourth-order valence-corrected chi connectivity index (χ4v) is 5.98. The second-order valence-electron chi connectivity index (χ2n) is 7.44. The Bertz CT molecular complexity index is 1300. The summed E-state index contributed by atoms with van der Waals surface area (Å²) in [5, 5.41) is 17.0. The number of thioether (sulfide) groups is 1. The van der Waals surface area contributed by atoms with E-state index in [2.05, 4.69) is 29.4 Å². The first-order valence-electron chi connectivity index (χ1n) is 10.3. The fourth-order valence-electron chi connectivity index (χ4n) is 3.30. The molecule has 0 radical (unpaired) electrons. The van der Waals surface area contributed by atoms with Gasteiger partial charge >= 0.3 is 5.97 Å². The number of carbonyl (C=O) groups excluding carboxylic acids is 2. The van der Waals surface area contributed by atoms with Crippen LogP contribution in [0.2, 0.25) is 5.02 Å². The summed E-state index contributed by atoms with van der Waals surface area (Å²) >= 11 is 10.2. The van der Waals surface area contributed by atoms with Crippen LogP contribution >= 0.6 is 46.0 Å². The summed E-state index contributed by atoms with van der Waals surface area (Å²) in [5.74, 6) is 0.126. The van der Waals surface area contributed by atoms with Gasteiger partial charge < -0.3 is 10.1 Å². The summed E-state index contributed by atoms with van der Waals surface area (Å²) in [6.07, 6.45) is 0. The van der Waals surface area contributed by atoms with Crippen LogP contribution in [-0.4, -0.2) is 39.5 Å². The molecule has 176 valence electrons. The van der Waals surface area contributed by atoms with Gasteiger partial charge in [-0.05, 0) is 43.0 Å².